The van der Waals surface area contributed by atoms with E-state index in [4.69, 9.17) is 0 Å². The zero-order valence-corrected chi connectivity index (χ0v) is 18.9. The van der Waals surface area contributed by atoms with Crippen molar-refractivity contribution < 1.29 is 9.59 Å². The molecule has 5 nitrogen and oxygen atoms in total. The van der Waals surface area contributed by atoms with Gasteiger partial charge in [0.1, 0.15) is 5.82 Å². The number of hydrogen-bond acceptors (Lipinski definition) is 4. The highest BCUT2D eigenvalue weighted by molar-refractivity contribution is 5.96. The third-order valence-corrected chi connectivity index (χ3v) is 6.01. The average Bonchev–Trinajstić information content (AvgIpc) is 2.77. The van der Waals surface area contributed by atoms with Gasteiger partial charge in [0.25, 0.3) is 5.91 Å². The summed E-state index contributed by atoms with van der Waals surface area (Å²) in [4.78, 5) is 29.1. The van der Waals surface area contributed by atoms with Gasteiger partial charge in [-0.15, -0.1) is 0 Å². The molecule has 0 aliphatic carbocycles. The molecule has 1 amide bonds. The number of hydrogen-bond donors (Lipinski definition) is 1. The SMILES string of the molecule is CCCN(C1=C(C)C=C(C(=O)N2CCCCC2)CN1)c1ccc(C(C)=O)c(CC)c1. The summed E-state index contributed by atoms with van der Waals surface area (Å²) in [7, 11) is 0. The number of carbonyl (C=O) groups excluding carboxylic acids is 2. The van der Waals surface area contributed by atoms with Crippen molar-refractivity contribution in [1.29, 1.82) is 0 Å². The van der Waals surface area contributed by atoms with Crippen LogP contribution in [-0.4, -0.2) is 42.8 Å². The molecular weight excluding hydrogens is 374 g/mol. The standard InChI is InChI=1S/C25H35N3O2/c1-5-12-28(22-10-11-23(19(4)29)20(6-2)16-22)24-18(3)15-21(17-26-24)25(30)27-13-8-7-9-14-27/h10-11,15-16,26H,5-9,12-14,17H2,1-4H3. The molecule has 0 aromatic heterocycles. The third-order valence-electron chi connectivity index (χ3n) is 6.01. The monoisotopic (exact) mass is 409 g/mol. The maximum absolute atomic E-state index is 12.9. The zero-order chi connectivity index (χ0) is 21.7. The first-order valence-electron chi connectivity index (χ1n) is 11.3. The highest BCUT2D eigenvalue weighted by Crippen LogP contribution is 2.27. The molecule has 0 saturated carbocycles. The number of benzene rings is 1. The van der Waals surface area contributed by atoms with E-state index >= 15 is 0 Å². The van der Waals surface area contributed by atoms with Crippen molar-refractivity contribution in [3.63, 3.8) is 0 Å². The number of likely N-dealkylation sites (tertiary alicyclic amines) is 1. The van der Waals surface area contributed by atoms with Crippen LogP contribution in [0.1, 0.15) is 69.3 Å². The number of nitrogens with zero attached hydrogens (tertiary/aromatic N) is 2. The fourth-order valence-electron chi connectivity index (χ4n) is 4.42. The van der Waals surface area contributed by atoms with Gasteiger partial charge in [0, 0.05) is 43.0 Å². The van der Waals surface area contributed by atoms with Crippen LogP contribution in [0.2, 0.25) is 0 Å². The highest BCUT2D eigenvalue weighted by Gasteiger charge is 2.25. The minimum atomic E-state index is 0.107. The number of amides is 1. The summed E-state index contributed by atoms with van der Waals surface area (Å²) in [5, 5.41) is 3.52. The summed E-state index contributed by atoms with van der Waals surface area (Å²) in [6.07, 6.45) is 7.30. The maximum atomic E-state index is 12.9. The summed E-state index contributed by atoms with van der Waals surface area (Å²) in [6, 6.07) is 6.11. The number of allylic oxidation sites excluding steroid dienone is 2. The first-order valence-corrected chi connectivity index (χ1v) is 11.3. The van der Waals surface area contributed by atoms with E-state index in [1.54, 1.807) is 6.92 Å². The molecule has 1 saturated heterocycles. The Balaban J connectivity index is 1.90. The molecule has 0 bridgehead atoms. The second kappa shape index (κ2) is 9.96. The van der Waals surface area contributed by atoms with E-state index in [2.05, 4.69) is 43.1 Å². The van der Waals surface area contributed by atoms with E-state index in [0.717, 1.165) is 79.1 Å². The van der Waals surface area contributed by atoms with Crippen LogP contribution < -0.4 is 10.2 Å². The molecule has 0 spiro atoms. The van der Waals surface area contributed by atoms with Gasteiger partial charge in [-0.2, -0.15) is 0 Å². The Kier molecular flexibility index (Phi) is 7.35. The fourth-order valence-corrected chi connectivity index (χ4v) is 4.42. The molecule has 1 fully saturated rings. The summed E-state index contributed by atoms with van der Waals surface area (Å²) in [5.41, 5.74) is 4.88. The minimum Gasteiger partial charge on any atom is -0.367 e. The minimum absolute atomic E-state index is 0.107. The maximum Gasteiger partial charge on any atom is 0.251 e. The third kappa shape index (κ3) is 4.77. The van der Waals surface area contributed by atoms with Gasteiger partial charge in [0.15, 0.2) is 5.78 Å². The number of ketones is 1. The Hall–Kier alpha value is -2.56. The van der Waals surface area contributed by atoms with E-state index in [0.29, 0.717) is 6.54 Å². The van der Waals surface area contributed by atoms with Crippen molar-refractivity contribution >= 4 is 17.4 Å². The molecule has 2 aliphatic rings. The Morgan fingerprint density at radius 1 is 1.13 bits per heavy atom. The van der Waals surface area contributed by atoms with Gasteiger partial charge in [-0.1, -0.05) is 13.8 Å². The number of aryl methyl sites for hydroxylation is 1. The molecule has 162 valence electrons. The summed E-state index contributed by atoms with van der Waals surface area (Å²) in [5.74, 6) is 1.32. The summed E-state index contributed by atoms with van der Waals surface area (Å²) < 4.78 is 0. The normalized spacial score (nSPS) is 16.8. The van der Waals surface area contributed by atoms with Crippen molar-refractivity contribution in [3.8, 4) is 0 Å². The lowest BCUT2D eigenvalue weighted by Gasteiger charge is -2.34. The molecular formula is C25H35N3O2. The lowest BCUT2D eigenvalue weighted by Crippen LogP contribution is -2.42. The summed E-state index contributed by atoms with van der Waals surface area (Å²) >= 11 is 0. The predicted molar refractivity (Wildman–Crippen MR) is 123 cm³/mol. The van der Waals surface area contributed by atoms with Gasteiger partial charge in [0.05, 0.1) is 0 Å². The van der Waals surface area contributed by atoms with Crippen LogP contribution in [0.15, 0.2) is 41.2 Å². The smallest absolute Gasteiger partial charge is 0.251 e. The molecule has 2 heterocycles. The van der Waals surface area contributed by atoms with Crippen LogP contribution in [-0.2, 0) is 11.2 Å². The van der Waals surface area contributed by atoms with E-state index in [1.165, 1.54) is 6.42 Å². The van der Waals surface area contributed by atoms with Crippen molar-refractivity contribution in [3.05, 3.63) is 52.4 Å². The fraction of sp³-hybridized carbons (Fsp3) is 0.520. The van der Waals surface area contributed by atoms with E-state index in [9.17, 15) is 9.59 Å². The van der Waals surface area contributed by atoms with Gasteiger partial charge in [-0.05, 0) is 81.4 Å². The highest BCUT2D eigenvalue weighted by atomic mass is 16.2. The Morgan fingerprint density at radius 3 is 2.47 bits per heavy atom. The van der Waals surface area contributed by atoms with Crippen LogP contribution in [0, 0.1) is 0 Å². The largest absolute Gasteiger partial charge is 0.367 e. The van der Waals surface area contributed by atoms with Gasteiger partial charge in [-0.25, -0.2) is 0 Å². The molecule has 0 atom stereocenters. The molecule has 0 unspecified atom stereocenters. The number of piperidine rings is 1. The Labute approximate surface area is 180 Å². The molecule has 5 heteroatoms. The lowest BCUT2D eigenvalue weighted by molar-refractivity contribution is -0.128. The van der Waals surface area contributed by atoms with E-state index in [1.807, 2.05) is 17.0 Å². The second-order valence-corrected chi connectivity index (χ2v) is 8.31. The van der Waals surface area contributed by atoms with E-state index < -0.39 is 0 Å². The van der Waals surface area contributed by atoms with Crippen LogP contribution in [0.5, 0.6) is 0 Å². The topological polar surface area (TPSA) is 52.7 Å². The molecule has 1 aromatic rings. The van der Waals surface area contributed by atoms with Crippen LogP contribution in [0.4, 0.5) is 5.69 Å². The van der Waals surface area contributed by atoms with Crippen molar-refractivity contribution in [2.24, 2.45) is 0 Å². The van der Waals surface area contributed by atoms with Gasteiger partial charge in [-0.3, -0.25) is 9.59 Å². The molecule has 30 heavy (non-hydrogen) atoms. The van der Waals surface area contributed by atoms with Crippen LogP contribution in [0.3, 0.4) is 0 Å². The molecule has 1 N–H and O–H groups in total. The van der Waals surface area contributed by atoms with Crippen molar-refractivity contribution in [2.45, 2.75) is 59.8 Å². The number of rotatable bonds is 7. The van der Waals surface area contributed by atoms with Gasteiger partial charge < -0.3 is 15.1 Å². The van der Waals surface area contributed by atoms with Gasteiger partial charge in [0.2, 0.25) is 0 Å². The van der Waals surface area contributed by atoms with Crippen molar-refractivity contribution in [1.82, 2.24) is 10.2 Å². The average molecular weight is 410 g/mol. The van der Waals surface area contributed by atoms with Crippen molar-refractivity contribution in [2.75, 3.05) is 31.1 Å². The number of dihydropyridines is 1. The van der Waals surface area contributed by atoms with Gasteiger partial charge >= 0.3 is 0 Å². The molecule has 0 radical (unpaired) electrons. The van der Waals surface area contributed by atoms with Crippen LogP contribution in [0.25, 0.3) is 0 Å². The number of nitrogens with one attached hydrogen (secondary N) is 1. The molecule has 3 rings (SSSR count). The first kappa shape index (κ1) is 22.1. The first-order chi connectivity index (χ1) is 14.5. The second-order valence-electron chi connectivity index (χ2n) is 8.31. The quantitative estimate of drug-likeness (QED) is 0.677. The zero-order valence-electron chi connectivity index (χ0n) is 18.9. The molecule has 2 aliphatic heterocycles. The lowest BCUT2D eigenvalue weighted by atomic mass is 10.0. The van der Waals surface area contributed by atoms with E-state index in [-0.39, 0.29) is 11.7 Å². The Morgan fingerprint density at radius 2 is 1.87 bits per heavy atom. The number of Topliss-reactive ketones (excluding diaryl/α,β-unsaturated/α-hetero) is 1. The predicted octanol–water partition coefficient (Wildman–Crippen LogP) is 4.44. The number of anilines is 1. The Bertz CT molecular complexity index is 863. The van der Waals surface area contributed by atoms with Crippen LogP contribution >= 0.6 is 0 Å². The molecule has 1 aromatic carbocycles. The summed E-state index contributed by atoms with van der Waals surface area (Å²) in [6.45, 7) is 11.1. The number of carbonyl (C=O) groups is 2.